The molecule has 1 heterocycles. The number of rotatable bonds is 5. The van der Waals surface area contributed by atoms with Gasteiger partial charge in [0.15, 0.2) is 0 Å². The molecule has 3 rings (SSSR count). The Bertz CT molecular complexity index is 963. The van der Waals surface area contributed by atoms with Crippen LogP contribution in [-0.4, -0.2) is 40.4 Å². The summed E-state index contributed by atoms with van der Waals surface area (Å²) in [6.07, 6.45) is 2.27. The molecule has 0 saturated carbocycles. The molecule has 0 spiro atoms. The summed E-state index contributed by atoms with van der Waals surface area (Å²) in [4.78, 5) is 38.2. The van der Waals surface area contributed by atoms with E-state index in [1.807, 2.05) is 0 Å². The molecule has 1 saturated heterocycles. The lowest BCUT2D eigenvalue weighted by molar-refractivity contribution is -0.143. The van der Waals surface area contributed by atoms with E-state index in [0.717, 1.165) is 18.4 Å². The Kier molecular flexibility index (Phi) is 6.25. The summed E-state index contributed by atoms with van der Waals surface area (Å²) in [5, 5.41) is 20.9. The van der Waals surface area contributed by atoms with Gasteiger partial charge in [0.2, 0.25) is 0 Å². The number of piperidine rings is 1. The second-order valence-corrected chi connectivity index (χ2v) is 6.92. The molecule has 7 heteroatoms. The van der Waals surface area contributed by atoms with Gasteiger partial charge in [-0.15, -0.1) is 0 Å². The SMILES string of the molecule is N#CCc1ccc(C(=O)Nc2cccc(C(=O)N3CCCCC3C(=O)O)c2)cc1. The van der Waals surface area contributed by atoms with Crippen molar-refractivity contribution in [3.05, 3.63) is 65.2 Å². The Morgan fingerprint density at radius 1 is 1.10 bits per heavy atom. The molecule has 29 heavy (non-hydrogen) atoms. The minimum atomic E-state index is -0.998. The number of aliphatic carboxylic acids is 1. The summed E-state index contributed by atoms with van der Waals surface area (Å²) in [6, 6.07) is 14.5. The third kappa shape index (κ3) is 4.79. The Morgan fingerprint density at radius 2 is 1.86 bits per heavy atom. The molecule has 0 aromatic heterocycles. The number of likely N-dealkylation sites (tertiary alicyclic amines) is 1. The molecule has 2 amide bonds. The minimum Gasteiger partial charge on any atom is -0.480 e. The Labute approximate surface area is 168 Å². The van der Waals surface area contributed by atoms with Gasteiger partial charge in [0.25, 0.3) is 11.8 Å². The zero-order valence-electron chi connectivity index (χ0n) is 15.8. The lowest BCUT2D eigenvalue weighted by atomic mass is 10.0. The van der Waals surface area contributed by atoms with Crippen molar-refractivity contribution in [2.45, 2.75) is 31.7 Å². The van der Waals surface area contributed by atoms with Crippen LogP contribution < -0.4 is 5.32 Å². The number of amides is 2. The second kappa shape index (κ2) is 9.02. The molecule has 148 valence electrons. The van der Waals surface area contributed by atoms with Gasteiger partial charge in [0.05, 0.1) is 12.5 Å². The number of nitriles is 1. The quantitative estimate of drug-likeness (QED) is 0.814. The third-order valence-corrected chi connectivity index (χ3v) is 4.92. The van der Waals surface area contributed by atoms with E-state index in [2.05, 4.69) is 11.4 Å². The summed E-state index contributed by atoms with van der Waals surface area (Å²) < 4.78 is 0. The summed E-state index contributed by atoms with van der Waals surface area (Å²) in [5.41, 5.74) is 2.04. The normalized spacial score (nSPS) is 16.0. The number of carboxylic acid groups (broad SMARTS) is 1. The summed E-state index contributed by atoms with van der Waals surface area (Å²) in [6.45, 7) is 0.404. The van der Waals surface area contributed by atoms with Crippen LogP contribution in [-0.2, 0) is 11.2 Å². The van der Waals surface area contributed by atoms with E-state index < -0.39 is 12.0 Å². The maximum atomic E-state index is 12.8. The van der Waals surface area contributed by atoms with E-state index in [-0.39, 0.29) is 18.2 Å². The van der Waals surface area contributed by atoms with Crippen molar-refractivity contribution in [2.24, 2.45) is 0 Å². The maximum absolute atomic E-state index is 12.8. The molecule has 1 aliphatic rings. The van der Waals surface area contributed by atoms with Gasteiger partial charge < -0.3 is 15.3 Å². The van der Waals surface area contributed by atoms with E-state index >= 15 is 0 Å². The molecule has 7 nitrogen and oxygen atoms in total. The van der Waals surface area contributed by atoms with Crippen LogP contribution >= 0.6 is 0 Å². The predicted molar refractivity (Wildman–Crippen MR) is 106 cm³/mol. The molecule has 2 N–H and O–H groups in total. The van der Waals surface area contributed by atoms with Crippen molar-refractivity contribution in [3.8, 4) is 6.07 Å². The standard InChI is InChI=1S/C22H21N3O4/c23-12-11-15-7-9-16(10-8-15)20(26)24-18-5-3-4-17(14-18)21(27)25-13-2-1-6-19(25)22(28)29/h3-5,7-10,14,19H,1-2,6,11,13H2,(H,24,26)(H,28,29). The first-order valence-electron chi connectivity index (χ1n) is 9.40. The fourth-order valence-corrected chi connectivity index (χ4v) is 3.40. The summed E-state index contributed by atoms with van der Waals surface area (Å²) in [5.74, 6) is -1.68. The summed E-state index contributed by atoms with van der Waals surface area (Å²) >= 11 is 0. The molecule has 0 bridgehead atoms. The molecule has 0 radical (unpaired) electrons. The lowest BCUT2D eigenvalue weighted by Crippen LogP contribution is -2.48. The van der Waals surface area contributed by atoms with Crippen LogP contribution in [0.2, 0.25) is 0 Å². The fourth-order valence-electron chi connectivity index (χ4n) is 3.40. The fraction of sp³-hybridized carbons (Fsp3) is 0.273. The molecule has 2 aromatic rings. The van der Waals surface area contributed by atoms with Crippen molar-refractivity contribution < 1.29 is 19.5 Å². The monoisotopic (exact) mass is 391 g/mol. The Balaban J connectivity index is 1.73. The summed E-state index contributed by atoms with van der Waals surface area (Å²) in [7, 11) is 0. The highest BCUT2D eigenvalue weighted by Gasteiger charge is 2.32. The second-order valence-electron chi connectivity index (χ2n) is 6.92. The number of hydrogen-bond donors (Lipinski definition) is 2. The average molecular weight is 391 g/mol. The van der Waals surface area contributed by atoms with E-state index in [1.165, 1.54) is 4.90 Å². The van der Waals surface area contributed by atoms with E-state index in [1.54, 1.807) is 48.5 Å². The van der Waals surface area contributed by atoms with Crippen LogP contribution in [0, 0.1) is 11.3 Å². The topological polar surface area (TPSA) is 111 Å². The molecular weight excluding hydrogens is 370 g/mol. The predicted octanol–water partition coefficient (Wildman–Crippen LogP) is 3.08. The van der Waals surface area contributed by atoms with Crippen LogP contribution in [0.4, 0.5) is 5.69 Å². The highest BCUT2D eigenvalue weighted by Crippen LogP contribution is 2.21. The van der Waals surface area contributed by atoms with Crippen LogP contribution in [0.5, 0.6) is 0 Å². The Hall–Kier alpha value is -3.66. The van der Waals surface area contributed by atoms with Crippen molar-refractivity contribution in [1.29, 1.82) is 5.26 Å². The van der Waals surface area contributed by atoms with Crippen LogP contribution in [0.15, 0.2) is 48.5 Å². The number of anilines is 1. The van der Waals surface area contributed by atoms with Gasteiger partial charge in [-0.3, -0.25) is 9.59 Å². The van der Waals surface area contributed by atoms with Gasteiger partial charge >= 0.3 is 5.97 Å². The highest BCUT2D eigenvalue weighted by molar-refractivity contribution is 6.05. The largest absolute Gasteiger partial charge is 0.480 e. The molecule has 1 aliphatic heterocycles. The number of carbonyl (C=O) groups excluding carboxylic acids is 2. The number of carbonyl (C=O) groups is 3. The number of nitrogens with one attached hydrogen (secondary N) is 1. The average Bonchev–Trinajstić information content (AvgIpc) is 2.74. The van der Waals surface area contributed by atoms with Gasteiger partial charge in [0, 0.05) is 23.4 Å². The van der Waals surface area contributed by atoms with E-state index in [0.29, 0.717) is 29.8 Å². The first-order chi connectivity index (χ1) is 14.0. The molecule has 0 aliphatic carbocycles. The van der Waals surface area contributed by atoms with Crippen molar-refractivity contribution in [2.75, 3.05) is 11.9 Å². The van der Waals surface area contributed by atoms with Crippen LogP contribution in [0.1, 0.15) is 45.5 Å². The van der Waals surface area contributed by atoms with E-state index in [4.69, 9.17) is 5.26 Å². The van der Waals surface area contributed by atoms with Crippen molar-refractivity contribution >= 4 is 23.5 Å². The maximum Gasteiger partial charge on any atom is 0.326 e. The zero-order valence-corrected chi connectivity index (χ0v) is 15.8. The highest BCUT2D eigenvalue weighted by atomic mass is 16.4. The van der Waals surface area contributed by atoms with Gasteiger partial charge in [-0.2, -0.15) is 5.26 Å². The van der Waals surface area contributed by atoms with Crippen molar-refractivity contribution in [3.63, 3.8) is 0 Å². The number of hydrogen-bond acceptors (Lipinski definition) is 4. The molecule has 1 fully saturated rings. The van der Waals surface area contributed by atoms with Gasteiger partial charge in [-0.25, -0.2) is 4.79 Å². The first-order valence-corrected chi connectivity index (χ1v) is 9.40. The van der Waals surface area contributed by atoms with E-state index in [9.17, 15) is 19.5 Å². The lowest BCUT2D eigenvalue weighted by Gasteiger charge is -2.33. The molecule has 1 unspecified atom stereocenters. The molecule has 1 atom stereocenters. The van der Waals surface area contributed by atoms with Gasteiger partial charge in [-0.05, 0) is 55.2 Å². The van der Waals surface area contributed by atoms with Crippen LogP contribution in [0.3, 0.4) is 0 Å². The minimum absolute atomic E-state index is 0.278. The third-order valence-electron chi connectivity index (χ3n) is 4.92. The van der Waals surface area contributed by atoms with Crippen LogP contribution in [0.25, 0.3) is 0 Å². The van der Waals surface area contributed by atoms with Gasteiger partial charge in [0.1, 0.15) is 6.04 Å². The smallest absolute Gasteiger partial charge is 0.326 e. The Morgan fingerprint density at radius 3 is 2.55 bits per heavy atom. The zero-order chi connectivity index (χ0) is 20.8. The first kappa shape index (κ1) is 20.1. The van der Waals surface area contributed by atoms with Gasteiger partial charge in [-0.1, -0.05) is 18.2 Å². The number of carboxylic acids is 1. The van der Waals surface area contributed by atoms with Crippen molar-refractivity contribution in [1.82, 2.24) is 4.90 Å². The number of benzene rings is 2. The molecular formula is C22H21N3O4. The number of nitrogens with zero attached hydrogens (tertiary/aromatic N) is 2. The molecule has 2 aromatic carbocycles.